The highest BCUT2D eigenvalue weighted by Gasteiger charge is 2.55. The first kappa shape index (κ1) is 21.8. The van der Waals surface area contributed by atoms with E-state index in [0.29, 0.717) is 19.3 Å². The molecule has 2 aromatic rings. The van der Waals surface area contributed by atoms with E-state index in [1.807, 2.05) is 17.0 Å². The number of nitrogens with zero attached hydrogens (tertiary/aromatic N) is 3. The van der Waals surface area contributed by atoms with Gasteiger partial charge in [-0.3, -0.25) is 9.69 Å². The van der Waals surface area contributed by atoms with Gasteiger partial charge in [0.05, 0.1) is 25.9 Å². The first-order valence-electron chi connectivity index (χ1n) is 13.4. The Morgan fingerprint density at radius 2 is 1.83 bits per heavy atom. The third-order valence-electron chi connectivity index (χ3n) is 9.33. The van der Waals surface area contributed by atoms with E-state index in [2.05, 4.69) is 28.0 Å². The van der Waals surface area contributed by atoms with E-state index in [-0.39, 0.29) is 17.8 Å². The van der Waals surface area contributed by atoms with E-state index < -0.39 is 5.54 Å². The molecule has 0 saturated carbocycles. The van der Waals surface area contributed by atoms with E-state index in [9.17, 15) is 9.18 Å². The smallest absolute Gasteiger partial charge is 0.250 e. The zero-order valence-corrected chi connectivity index (χ0v) is 20.3. The third-order valence-corrected chi connectivity index (χ3v) is 9.33. The lowest BCUT2D eigenvalue weighted by Crippen LogP contribution is -2.57. The van der Waals surface area contributed by atoms with Crippen molar-refractivity contribution in [2.75, 3.05) is 37.8 Å². The van der Waals surface area contributed by atoms with Crippen LogP contribution in [0.2, 0.25) is 0 Å². The van der Waals surface area contributed by atoms with Gasteiger partial charge in [0.25, 0.3) is 0 Å². The first-order valence-corrected chi connectivity index (χ1v) is 13.4. The fourth-order valence-electron chi connectivity index (χ4n) is 7.48. The summed E-state index contributed by atoms with van der Waals surface area (Å²) in [5, 5.41) is 0. The molecule has 0 bridgehead atoms. The number of rotatable bonds is 4. The van der Waals surface area contributed by atoms with E-state index in [1.165, 1.54) is 44.2 Å². The number of carbonyl (C=O) groups excluding carboxylic acids is 1. The minimum absolute atomic E-state index is 0.170. The second kappa shape index (κ2) is 8.31. The molecular formula is C29H34FN3O2. The fourth-order valence-corrected chi connectivity index (χ4v) is 7.48. The normalized spacial score (nSPS) is 29.5. The maximum Gasteiger partial charge on any atom is 0.250 e. The molecule has 0 radical (unpaired) electrons. The minimum Gasteiger partial charge on any atom is -0.371 e. The molecule has 35 heavy (non-hydrogen) atoms. The van der Waals surface area contributed by atoms with Crippen LogP contribution in [-0.2, 0) is 16.0 Å². The molecule has 3 fully saturated rings. The zero-order chi connectivity index (χ0) is 23.6. The summed E-state index contributed by atoms with van der Waals surface area (Å²) in [6, 6.07) is 14.1. The standard InChI is InChI=1S/C29H34FN3O2/c30-22-8-10-23(11-9-22)33-19-32(17-24-18-35-24)28(34)29(33)13-15-31(16-14-29)26-12-7-21-4-1-3-20-5-2-6-25(26)27(20)21/h2,5-6,8-11,21,24,26H,1,3-4,7,12-19H2. The summed E-state index contributed by atoms with van der Waals surface area (Å²) in [4.78, 5) is 20.7. The highest BCUT2D eigenvalue weighted by molar-refractivity contribution is 5.93. The van der Waals surface area contributed by atoms with E-state index in [1.54, 1.807) is 16.7 Å². The highest BCUT2D eigenvalue weighted by Crippen LogP contribution is 2.48. The fraction of sp³-hybridized carbons (Fsp3) is 0.552. The van der Waals surface area contributed by atoms with Crippen LogP contribution in [0.5, 0.6) is 0 Å². The van der Waals surface area contributed by atoms with Crippen molar-refractivity contribution in [2.24, 2.45) is 0 Å². The van der Waals surface area contributed by atoms with Crippen molar-refractivity contribution in [3.63, 3.8) is 0 Å². The molecule has 184 valence electrons. The number of piperidine rings is 1. The number of anilines is 1. The van der Waals surface area contributed by atoms with Crippen LogP contribution in [0.1, 0.15) is 67.2 Å². The van der Waals surface area contributed by atoms with Gasteiger partial charge in [-0.2, -0.15) is 0 Å². The summed E-state index contributed by atoms with van der Waals surface area (Å²) in [5.41, 5.74) is 5.16. The van der Waals surface area contributed by atoms with Gasteiger partial charge in [0.15, 0.2) is 0 Å². The van der Waals surface area contributed by atoms with Crippen molar-refractivity contribution >= 4 is 11.6 Å². The van der Waals surface area contributed by atoms with Crippen molar-refractivity contribution in [2.45, 2.75) is 68.5 Å². The Morgan fingerprint density at radius 1 is 1.03 bits per heavy atom. The number of likely N-dealkylation sites (tertiary alicyclic amines) is 1. The summed E-state index contributed by atoms with van der Waals surface area (Å²) in [5.74, 6) is 0.719. The van der Waals surface area contributed by atoms with Gasteiger partial charge < -0.3 is 14.5 Å². The van der Waals surface area contributed by atoms with Gasteiger partial charge in [-0.15, -0.1) is 0 Å². The number of carbonyl (C=O) groups is 1. The van der Waals surface area contributed by atoms with Crippen molar-refractivity contribution < 1.29 is 13.9 Å². The largest absolute Gasteiger partial charge is 0.371 e. The molecule has 6 heteroatoms. The molecule has 2 aliphatic carbocycles. The molecule has 0 aromatic heterocycles. The third kappa shape index (κ3) is 3.60. The average Bonchev–Trinajstić information content (AvgIpc) is 3.68. The molecule has 3 atom stereocenters. The van der Waals surface area contributed by atoms with Crippen LogP contribution in [0.3, 0.4) is 0 Å². The number of hydrogen-bond acceptors (Lipinski definition) is 4. The Kier molecular flexibility index (Phi) is 5.18. The molecule has 2 aromatic carbocycles. The summed E-state index contributed by atoms with van der Waals surface area (Å²) >= 11 is 0. The van der Waals surface area contributed by atoms with Crippen molar-refractivity contribution in [1.29, 1.82) is 0 Å². The Bertz CT molecular complexity index is 1120. The second-order valence-corrected chi connectivity index (χ2v) is 11.2. The summed E-state index contributed by atoms with van der Waals surface area (Å²) in [7, 11) is 0. The highest BCUT2D eigenvalue weighted by atomic mass is 19.1. The number of benzene rings is 2. The lowest BCUT2D eigenvalue weighted by molar-refractivity contribution is -0.134. The number of ether oxygens (including phenoxy) is 1. The van der Waals surface area contributed by atoms with Gasteiger partial charge in [0.2, 0.25) is 5.91 Å². The Hall–Kier alpha value is -2.44. The number of halogens is 1. The van der Waals surface area contributed by atoms with E-state index >= 15 is 0 Å². The Morgan fingerprint density at radius 3 is 2.60 bits per heavy atom. The molecule has 3 aliphatic heterocycles. The SMILES string of the molecule is O=C1N(CC2CO2)CN(c2ccc(F)cc2)C12CCN(C1CCC3CCCc4cccc1c43)CC2. The molecule has 3 heterocycles. The minimum atomic E-state index is -0.545. The predicted molar refractivity (Wildman–Crippen MR) is 133 cm³/mol. The molecule has 3 unspecified atom stereocenters. The van der Waals surface area contributed by atoms with Gasteiger partial charge in [-0.05, 0) is 91.8 Å². The molecular weight excluding hydrogens is 441 g/mol. The topological polar surface area (TPSA) is 39.3 Å². The van der Waals surface area contributed by atoms with Crippen molar-refractivity contribution in [1.82, 2.24) is 9.80 Å². The van der Waals surface area contributed by atoms with Crippen LogP contribution in [0.25, 0.3) is 0 Å². The monoisotopic (exact) mass is 475 g/mol. The predicted octanol–water partition coefficient (Wildman–Crippen LogP) is 4.62. The van der Waals surface area contributed by atoms with Gasteiger partial charge in [0.1, 0.15) is 11.4 Å². The van der Waals surface area contributed by atoms with Crippen LogP contribution < -0.4 is 4.90 Å². The first-order chi connectivity index (χ1) is 17.1. The van der Waals surface area contributed by atoms with Crippen LogP contribution >= 0.6 is 0 Å². The molecule has 5 aliphatic rings. The van der Waals surface area contributed by atoms with Crippen molar-refractivity contribution in [3.8, 4) is 0 Å². The maximum absolute atomic E-state index is 13.8. The molecule has 3 saturated heterocycles. The summed E-state index contributed by atoms with van der Waals surface area (Å²) in [6.45, 7) is 3.78. The van der Waals surface area contributed by atoms with Crippen molar-refractivity contribution in [3.05, 3.63) is 65.0 Å². The zero-order valence-electron chi connectivity index (χ0n) is 20.3. The van der Waals surface area contributed by atoms with Gasteiger partial charge in [-0.1, -0.05) is 18.2 Å². The Labute approximate surface area is 206 Å². The lowest BCUT2D eigenvalue weighted by Gasteiger charge is -2.47. The molecule has 0 N–H and O–H groups in total. The van der Waals surface area contributed by atoms with Crippen LogP contribution in [-0.4, -0.2) is 60.3 Å². The lowest BCUT2D eigenvalue weighted by atomic mass is 9.71. The number of epoxide rings is 1. The van der Waals surface area contributed by atoms with Gasteiger partial charge in [-0.25, -0.2) is 4.39 Å². The van der Waals surface area contributed by atoms with Crippen LogP contribution in [0, 0.1) is 5.82 Å². The van der Waals surface area contributed by atoms with Gasteiger partial charge >= 0.3 is 0 Å². The van der Waals surface area contributed by atoms with Crippen LogP contribution in [0.15, 0.2) is 42.5 Å². The summed E-state index contributed by atoms with van der Waals surface area (Å²) < 4.78 is 19.1. The van der Waals surface area contributed by atoms with E-state index in [4.69, 9.17) is 4.74 Å². The average molecular weight is 476 g/mol. The quantitative estimate of drug-likeness (QED) is 0.605. The number of aryl methyl sites for hydroxylation is 1. The van der Waals surface area contributed by atoms with Crippen LogP contribution in [0.4, 0.5) is 10.1 Å². The van der Waals surface area contributed by atoms with E-state index in [0.717, 1.165) is 44.1 Å². The second-order valence-electron chi connectivity index (χ2n) is 11.2. The summed E-state index contributed by atoms with van der Waals surface area (Å²) in [6.07, 6.45) is 8.16. The maximum atomic E-state index is 13.8. The van der Waals surface area contributed by atoms with Gasteiger partial charge in [0, 0.05) is 24.8 Å². The Balaban J connectivity index is 1.16. The molecule has 1 spiro atoms. The number of hydrogen-bond donors (Lipinski definition) is 0. The number of amides is 1. The molecule has 7 rings (SSSR count). The molecule has 1 amide bonds. The molecule has 5 nitrogen and oxygen atoms in total.